The van der Waals surface area contributed by atoms with E-state index < -0.39 is 17.5 Å². The number of fused-ring (bicyclic) bond motifs is 1. The molecule has 0 aromatic rings. The number of hydrogen-bond donors (Lipinski definition) is 2. The zero-order valence-corrected chi connectivity index (χ0v) is 9.58. The van der Waals surface area contributed by atoms with Gasteiger partial charge in [-0.1, -0.05) is 12.2 Å². The van der Waals surface area contributed by atoms with Crippen molar-refractivity contribution < 1.29 is 24.6 Å². The Labute approximate surface area is 103 Å². The number of amides is 1. The minimum atomic E-state index is -1.26. The lowest BCUT2D eigenvalue weighted by Gasteiger charge is -2.25. The van der Waals surface area contributed by atoms with Crippen LogP contribution in [0.25, 0.3) is 0 Å². The van der Waals surface area contributed by atoms with Crippen LogP contribution in [0.5, 0.6) is 0 Å². The Morgan fingerprint density at radius 3 is 2.61 bits per heavy atom. The van der Waals surface area contributed by atoms with Gasteiger partial charge in [0.05, 0.1) is 12.2 Å². The molecule has 1 aliphatic heterocycles. The third-order valence-electron chi connectivity index (χ3n) is 3.11. The van der Waals surface area contributed by atoms with Crippen molar-refractivity contribution >= 4 is 18.3 Å². The normalized spacial score (nSPS) is 25.8. The molecule has 0 saturated heterocycles. The topological polar surface area (TPSA) is 94.9 Å². The van der Waals surface area contributed by atoms with Gasteiger partial charge in [0.25, 0.3) is 0 Å². The third-order valence-corrected chi connectivity index (χ3v) is 3.11. The van der Waals surface area contributed by atoms with Gasteiger partial charge in [-0.3, -0.25) is 14.5 Å². The first-order valence-electron chi connectivity index (χ1n) is 5.23. The summed E-state index contributed by atoms with van der Waals surface area (Å²) in [4.78, 5) is 34.1. The summed E-state index contributed by atoms with van der Waals surface area (Å²) in [5, 5.41) is 18.2. The minimum Gasteiger partial charge on any atom is -0.480 e. The van der Waals surface area contributed by atoms with Crippen molar-refractivity contribution in [3.63, 3.8) is 0 Å². The number of rotatable bonds is 2. The summed E-state index contributed by atoms with van der Waals surface area (Å²) in [6.07, 6.45) is 3.69. The molecule has 2 rings (SSSR count). The number of carboxylic acids is 1. The fourth-order valence-electron chi connectivity index (χ4n) is 1.99. The number of aldehydes is 1. The predicted molar refractivity (Wildman–Crippen MR) is 60.8 cm³/mol. The molecule has 0 bridgehead atoms. The van der Waals surface area contributed by atoms with Crippen LogP contribution in [0.4, 0.5) is 4.79 Å². The molecule has 1 unspecified atom stereocenters. The van der Waals surface area contributed by atoms with E-state index in [0.717, 1.165) is 4.90 Å². The lowest BCUT2D eigenvalue weighted by Crippen LogP contribution is -2.31. The van der Waals surface area contributed by atoms with Crippen molar-refractivity contribution in [3.8, 4) is 0 Å². The van der Waals surface area contributed by atoms with Gasteiger partial charge >= 0.3 is 12.1 Å². The van der Waals surface area contributed by atoms with Crippen LogP contribution in [0.2, 0.25) is 0 Å². The van der Waals surface area contributed by atoms with Crippen molar-refractivity contribution in [1.29, 1.82) is 0 Å². The number of carbonyl (C=O) groups excluding carboxylic acids is 1. The first kappa shape index (κ1) is 12.1. The first-order valence-corrected chi connectivity index (χ1v) is 5.23. The molecule has 0 aromatic heterocycles. The fraction of sp³-hybridized carbons (Fsp3) is 0.250. The summed E-state index contributed by atoms with van der Waals surface area (Å²) < 4.78 is 0. The number of nitrogens with zero attached hydrogens (tertiary/aromatic N) is 1. The number of carboxylic acid groups (broad SMARTS) is 2. The molecule has 1 aliphatic carbocycles. The van der Waals surface area contributed by atoms with E-state index in [2.05, 4.69) is 0 Å². The van der Waals surface area contributed by atoms with Crippen LogP contribution in [0.1, 0.15) is 6.92 Å². The second-order valence-corrected chi connectivity index (χ2v) is 4.38. The summed E-state index contributed by atoms with van der Waals surface area (Å²) in [5.74, 6) is -1.07. The predicted octanol–water partition coefficient (Wildman–Crippen LogP) is 1.02. The molecule has 0 radical (unpaired) electrons. The van der Waals surface area contributed by atoms with Crippen molar-refractivity contribution in [3.05, 3.63) is 35.1 Å². The van der Waals surface area contributed by atoms with E-state index in [9.17, 15) is 14.4 Å². The zero-order chi connectivity index (χ0) is 13.5. The molecular weight excluding hydrogens is 238 g/mol. The van der Waals surface area contributed by atoms with Gasteiger partial charge in [0.15, 0.2) is 0 Å². The van der Waals surface area contributed by atoms with E-state index in [0.29, 0.717) is 17.4 Å². The number of allylic oxidation sites excluding steroid dienone is 1. The molecule has 94 valence electrons. The molecule has 6 heteroatoms. The average Bonchev–Trinajstić information content (AvgIpc) is 2.66. The van der Waals surface area contributed by atoms with E-state index in [-0.39, 0.29) is 12.2 Å². The lowest BCUT2D eigenvalue weighted by atomic mass is 9.83. The Morgan fingerprint density at radius 1 is 1.44 bits per heavy atom. The Balaban J connectivity index is 2.54. The quantitative estimate of drug-likeness (QED) is 0.712. The van der Waals surface area contributed by atoms with Gasteiger partial charge in [-0.15, -0.1) is 0 Å². The van der Waals surface area contributed by atoms with Crippen LogP contribution < -0.4 is 0 Å². The van der Waals surface area contributed by atoms with Crippen molar-refractivity contribution in [2.24, 2.45) is 5.41 Å². The highest BCUT2D eigenvalue weighted by molar-refractivity contribution is 5.88. The second kappa shape index (κ2) is 3.83. The molecule has 18 heavy (non-hydrogen) atoms. The maximum absolute atomic E-state index is 11.1. The Bertz CT molecular complexity index is 543. The SMILES string of the molecule is CC1(C(=O)O)C=CC2=C(C=O)CN(C(=O)O)C2=C1. The van der Waals surface area contributed by atoms with Gasteiger partial charge in [-0.05, 0) is 13.0 Å². The molecule has 1 atom stereocenters. The maximum atomic E-state index is 11.1. The van der Waals surface area contributed by atoms with Crippen LogP contribution in [0.3, 0.4) is 0 Å². The number of hydrogen-bond acceptors (Lipinski definition) is 3. The number of aliphatic carboxylic acids is 1. The van der Waals surface area contributed by atoms with E-state index >= 15 is 0 Å². The molecule has 2 N–H and O–H groups in total. The Kier molecular flexibility index (Phi) is 2.58. The van der Waals surface area contributed by atoms with Crippen LogP contribution in [-0.4, -0.2) is 40.0 Å². The van der Waals surface area contributed by atoms with Crippen molar-refractivity contribution in [2.45, 2.75) is 6.92 Å². The van der Waals surface area contributed by atoms with Crippen LogP contribution in [0, 0.1) is 5.41 Å². The lowest BCUT2D eigenvalue weighted by molar-refractivity contribution is -0.142. The van der Waals surface area contributed by atoms with Crippen molar-refractivity contribution in [2.75, 3.05) is 6.54 Å². The van der Waals surface area contributed by atoms with Crippen LogP contribution in [-0.2, 0) is 9.59 Å². The highest BCUT2D eigenvalue weighted by Gasteiger charge is 2.38. The van der Waals surface area contributed by atoms with Crippen LogP contribution in [0.15, 0.2) is 35.1 Å². The molecule has 6 nitrogen and oxygen atoms in total. The van der Waals surface area contributed by atoms with E-state index in [4.69, 9.17) is 10.2 Å². The highest BCUT2D eigenvalue weighted by Crippen LogP contribution is 2.38. The third kappa shape index (κ3) is 1.62. The number of carbonyl (C=O) groups is 3. The van der Waals surface area contributed by atoms with E-state index in [1.807, 2.05) is 0 Å². The van der Waals surface area contributed by atoms with Gasteiger partial charge in [0, 0.05) is 11.1 Å². The summed E-state index contributed by atoms with van der Waals surface area (Å²) in [7, 11) is 0. The smallest absolute Gasteiger partial charge is 0.412 e. The maximum Gasteiger partial charge on any atom is 0.412 e. The highest BCUT2D eigenvalue weighted by atomic mass is 16.4. The monoisotopic (exact) mass is 249 g/mol. The summed E-state index contributed by atoms with van der Waals surface area (Å²) in [5.41, 5.74) is -0.180. The Hall–Kier alpha value is -2.37. The fourth-order valence-corrected chi connectivity index (χ4v) is 1.99. The van der Waals surface area contributed by atoms with Crippen molar-refractivity contribution in [1.82, 2.24) is 4.90 Å². The van der Waals surface area contributed by atoms with Gasteiger partial charge in [-0.2, -0.15) is 0 Å². The molecule has 0 fully saturated rings. The average molecular weight is 249 g/mol. The molecule has 2 aliphatic rings. The Morgan fingerprint density at radius 2 is 2.11 bits per heavy atom. The first-order chi connectivity index (χ1) is 8.39. The van der Waals surface area contributed by atoms with Gasteiger partial charge < -0.3 is 10.2 Å². The minimum absolute atomic E-state index is 0.0416. The molecule has 0 saturated carbocycles. The molecule has 1 amide bonds. The largest absolute Gasteiger partial charge is 0.480 e. The second-order valence-electron chi connectivity index (χ2n) is 4.38. The summed E-state index contributed by atoms with van der Waals surface area (Å²) >= 11 is 0. The summed E-state index contributed by atoms with van der Waals surface area (Å²) in [6, 6.07) is 0. The zero-order valence-electron chi connectivity index (χ0n) is 9.58. The summed E-state index contributed by atoms with van der Waals surface area (Å²) in [6.45, 7) is 1.43. The molecule has 1 heterocycles. The van der Waals surface area contributed by atoms with E-state index in [1.165, 1.54) is 25.2 Å². The van der Waals surface area contributed by atoms with Gasteiger partial charge in [0.1, 0.15) is 11.7 Å². The van der Waals surface area contributed by atoms with Crippen LogP contribution >= 0.6 is 0 Å². The molecule has 0 aromatic carbocycles. The molecular formula is C12H11NO5. The van der Waals surface area contributed by atoms with Gasteiger partial charge in [0.2, 0.25) is 0 Å². The standard InChI is InChI=1S/C12H11NO5/c1-12(10(15)16)3-2-8-7(6-14)5-13(11(17)18)9(8)4-12/h2-4,6H,5H2,1H3,(H,15,16)(H,17,18). The van der Waals surface area contributed by atoms with Gasteiger partial charge in [-0.25, -0.2) is 4.79 Å². The van der Waals surface area contributed by atoms with E-state index in [1.54, 1.807) is 0 Å². The molecule has 0 spiro atoms.